The third kappa shape index (κ3) is 3.94. The highest BCUT2D eigenvalue weighted by molar-refractivity contribution is 7.89. The third-order valence-electron chi connectivity index (χ3n) is 4.91. The van der Waals surface area contributed by atoms with Crippen molar-refractivity contribution in [3.05, 3.63) is 59.4 Å². The number of para-hydroxylation sites is 1. The van der Waals surface area contributed by atoms with Gasteiger partial charge in [-0.05, 0) is 48.0 Å². The zero-order valence-electron chi connectivity index (χ0n) is 15.5. The Morgan fingerprint density at radius 1 is 0.900 bits per heavy atom. The van der Waals surface area contributed by atoms with Crippen LogP contribution in [0.1, 0.15) is 5.56 Å². The van der Waals surface area contributed by atoms with Crippen molar-refractivity contribution in [3.63, 3.8) is 0 Å². The third-order valence-corrected chi connectivity index (χ3v) is 7.00. The number of sulfonamides is 1. The number of piperazine rings is 1. The molecule has 11 heteroatoms. The molecular weight excluding hydrogens is 441 g/mol. The molecule has 0 saturated carbocycles. The lowest BCUT2D eigenvalue weighted by atomic mass is 10.2. The van der Waals surface area contributed by atoms with Crippen LogP contribution in [0.5, 0.6) is 0 Å². The van der Waals surface area contributed by atoms with Crippen LogP contribution in [-0.4, -0.2) is 48.9 Å². The molecular formula is C19H16ClF3N4O2S. The molecule has 1 aliphatic heterocycles. The lowest BCUT2D eigenvalue weighted by Gasteiger charge is -2.35. The smallest absolute Gasteiger partial charge is 0.353 e. The molecule has 1 fully saturated rings. The maximum absolute atomic E-state index is 12.8. The predicted octanol–water partition coefficient (Wildman–Crippen LogP) is 3.81. The Balaban J connectivity index is 1.53. The van der Waals surface area contributed by atoms with E-state index in [1.165, 1.54) is 4.31 Å². The van der Waals surface area contributed by atoms with E-state index in [0.29, 0.717) is 24.4 Å². The fourth-order valence-corrected chi connectivity index (χ4v) is 4.97. The minimum atomic E-state index is -4.52. The Morgan fingerprint density at radius 3 is 2.17 bits per heavy atom. The Labute approximate surface area is 176 Å². The summed E-state index contributed by atoms with van der Waals surface area (Å²) in [7, 11) is -3.90. The van der Waals surface area contributed by atoms with Gasteiger partial charge in [0.1, 0.15) is 5.82 Å². The molecule has 0 atom stereocenters. The second kappa shape index (κ2) is 7.68. The molecule has 2 aromatic carbocycles. The van der Waals surface area contributed by atoms with Crippen LogP contribution in [0.15, 0.2) is 53.4 Å². The van der Waals surface area contributed by atoms with Crippen LogP contribution in [0, 0.1) is 0 Å². The number of fused-ring (bicyclic) bond motifs is 1. The average molecular weight is 457 g/mol. The van der Waals surface area contributed by atoms with E-state index in [2.05, 4.69) is 9.97 Å². The summed E-state index contributed by atoms with van der Waals surface area (Å²) in [6, 6.07) is 10.9. The van der Waals surface area contributed by atoms with E-state index in [-0.39, 0.29) is 23.3 Å². The number of rotatable bonds is 3. The number of aromatic nitrogens is 2. The summed E-state index contributed by atoms with van der Waals surface area (Å²) in [6.07, 6.45) is -4.52. The minimum Gasteiger partial charge on any atom is -0.353 e. The highest BCUT2D eigenvalue weighted by atomic mass is 35.5. The van der Waals surface area contributed by atoms with Crippen LogP contribution in [0.2, 0.25) is 5.28 Å². The maximum atomic E-state index is 12.8. The normalized spacial score (nSPS) is 16.2. The van der Waals surface area contributed by atoms with Gasteiger partial charge in [0.25, 0.3) is 0 Å². The first-order valence-electron chi connectivity index (χ1n) is 9.01. The van der Waals surface area contributed by atoms with Gasteiger partial charge in [0, 0.05) is 31.6 Å². The van der Waals surface area contributed by atoms with E-state index < -0.39 is 21.8 Å². The van der Waals surface area contributed by atoms with Gasteiger partial charge in [-0.1, -0.05) is 12.1 Å². The van der Waals surface area contributed by atoms with E-state index in [1.807, 2.05) is 29.2 Å². The van der Waals surface area contributed by atoms with Crippen LogP contribution in [0.3, 0.4) is 0 Å². The molecule has 4 rings (SSSR count). The zero-order chi connectivity index (χ0) is 21.5. The zero-order valence-corrected chi connectivity index (χ0v) is 17.0. The molecule has 0 aliphatic carbocycles. The van der Waals surface area contributed by atoms with Crippen LogP contribution < -0.4 is 4.90 Å². The summed E-state index contributed by atoms with van der Waals surface area (Å²) in [6.45, 7) is 1.05. The molecule has 2 heterocycles. The van der Waals surface area contributed by atoms with Crippen molar-refractivity contribution in [2.75, 3.05) is 31.1 Å². The largest absolute Gasteiger partial charge is 0.416 e. The molecule has 1 aliphatic rings. The minimum absolute atomic E-state index is 0.100. The van der Waals surface area contributed by atoms with Crippen LogP contribution in [-0.2, 0) is 16.2 Å². The summed E-state index contributed by atoms with van der Waals surface area (Å²) in [4.78, 5) is 10.3. The number of hydrogen-bond acceptors (Lipinski definition) is 5. The molecule has 158 valence electrons. The van der Waals surface area contributed by atoms with Crippen molar-refractivity contribution < 1.29 is 21.6 Å². The standard InChI is InChI=1S/C19H16ClF3N4O2S/c20-18-24-16-4-2-1-3-15(16)17(25-18)26-9-11-27(12-10-26)30(28,29)14-7-5-13(6-8-14)19(21,22)23/h1-8H,9-12H2. The SMILES string of the molecule is O=S(=O)(c1ccc(C(F)(F)F)cc1)N1CCN(c2nc(Cl)nc3ccccc23)CC1. The number of halogens is 4. The van der Waals surface area contributed by atoms with Gasteiger partial charge < -0.3 is 4.90 Å². The van der Waals surface area contributed by atoms with Crippen LogP contribution in [0.25, 0.3) is 10.9 Å². The van der Waals surface area contributed by atoms with E-state index in [9.17, 15) is 21.6 Å². The monoisotopic (exact) mass is 456 g/mol. The number of hydrogen-bond donors (Lipinski definition) is 0. The van der Waals surface area contributed by atoms with Gasteiger partial charge in [-0.3, -0.25) is 0 Å². The van der Waals surface area contributed by atoms with Crippen molar-refractivity contribution in [1.29, 1.82) is 0 Å². The summed E-state index contributed by atoms with van der Waals surface area (Å²) in [5, 5.41) is 0.907. The first kappa shape index (κ1) is 20.8. The number of anilines is 1. The Kier molecular flexibility index (Phi) is 5.33. The fourth-order valence-electron chi connectivity index (χ4n) is 3.38. The predicted molar refractivity (Wildman–Crippen MR) is 107 cm³/mol. The van der Waals surface area contributed by atoms with E-state index >= 15 is 0 Å². The summed E-state index contributed by atoms with van der Waals surface area (Å²) >= 11 is 6.03. The highest BCUT2D eigenvalue weighted by Gasteiger charge is 2.33. The van der Waals surface area contributed by atoms with Gasteiger partial charge in [-0.25, -0.2) is 13.4 Å². The van der Waals surface area contributed by atoms with Gasteiger partial charge in [0.2, 0.25) is 15.3 Å². The summed E-state index contributed by atoms with van der Waals surface area (Å²) in [5.41, 5.74) is -0.203. The first-order chi connectivity index (χ1) is 14.2. The van der Waals surface area contributed by atoms with E-state index in [1.54, 1.807) is 0 Å². The molecule has 1 saturated heterocycles. The number of nitrogens with zero attached hydrogens (tertiary/aromatic N) is 4. The maximum Gasteiger partial charge on any atom is 0.416 e. The summed E-state index contributed by atoms with van der Waals surface area (Å²) in [5.74, 6) is 0.622. The lowest BCUT2D eigenvalue weighted by Crippen LogP contribution is -2.49. The highest BCUT2D eigenvalue weighted by Crippen LogP contribution is 2.31. The fraction of sp³-hybridized carbons (Fsp3) is 0.263. The van der Waals surface area contributed by atoms with E-state index in [4.69, 9.17) is 11.6 Å². The van der Waals surface area contributed by atoms with Crippen LogP contribution >= 0.6 is 11.6 Å². The Hall–Kier alpha value is -2.43. The van der Waals surface area contributed by atoms with Crippen molar-refractivity contribution in [2.45, 2.75) is 11.1 Å². The molecule has 0 spiro atoms. The van der Waals surface area contributed by atoms with Gasteiger partial charge in [-0.2, -0.15) is 22.5 Å². The van der Waals surface area contributed by atoms with Gasteiger partial charge >= 0.3 is 6.18 Å². The summed E-state index contributed by atoms with van der Waals surface area (Å²) < 4.78 is 65.1. The molecule has 0 unspecified atom stereocenters. The topological polar surface area (TPSA) is 66.4 Å². The quantitative estimate of drug-likeness (QED) is 0.561. The molecule has 0 radical (unpaired) electrons. The van der Waals surface area contributed by atoms with E-state index in [0.717, 1.165) is 29.7 Å². The number of alkyl halides is 3. The Morgan fingerprint density at radius 2 is 1.53 bits per heavy atom. The lowest BCUT2D eigenvalue weighted by molar-refractivity contribution is -0.137. The van der Waals surface area contributed by atoms with Crippen molar-refractivity contribution in [2.24, 2.45) is 0 Å². The first-order valence-corrected chi connectivity index (χ1v) is 10.8. The Bertz CT molecular complexity index is 1180. The molecule has 1 aromatic heterocycles. The molecule has 30 heavy (non-hydrogen) atoms. The van der Waals surface area contributed by atoms with Crippen molar-refractivity contribution in [1.82, 2.24) is 14.3 Å². The second-order valence-corrected chi connectivity index (χ2v) is 9.02. The van der Waals surface area contributed by atoms with Crippen molar-refractivity contribution in [3.8, 4) is 0 Å². The van der Waals surface area contributed by atoms with Crippen LogP contribution in [0.4, 0.5) is 19.0 Å². The second-order valence-electron chi connectivity index (χ2n) is 6.75. The van der Waals surface area contributed by atoms with Gasteiger partial charge in [0.15, 0.2) is 0 Å². The molecule has 6 nitrogen and oxygen atoms in total. The molecule has 0 N–H and O–H groups in total. The molecule has 0 amide bonds. The van der Waals surface area contributed by atoms with Gasteiger partial charge in [0.05, 0.1) is 16.0 Å². The molecule has 0 bridgehead atoms. The average Bonchev–Trinajstić information content (AvgIpc) is 2.72. The number of benzene rings is 2. The van der Waals surface area contributed by atoms with Crippen molar-refractivity contribution >= 4 is 38.3 Å². The molecule has 3 aromatic rings. The van der Waals surface area contributed by atoms with Gasteiger partial charge in [-0.15, -0.1) is 0 Å².